The highest BCUT2D eigenvalue weighted by Gasteiger charge is 2.15. The predicted octanol–water partition coefficient (Wildman–Crippen LogP) is 5.50. The Morgan fingerprint density at radius 1 is 0.952 bits per heavy atom. The molecule has 3 heteroatoms. The number of rotatable bonds is 4. The summed E-state index contributed by atoms with van der Waals surface area (Å²) in [5.41, 5.74) is 2.10. The van der Waals surface area contributed by atoms with Gasteiger partial charge in [0.15, 0.2) is 0 Å². The molecular formula is C18H18ClNO. The molecule has 0 saturated heterocycles. The molecule has 21 heavy (non-hydrogen) atoms. The summed E-state index contributed by atoms with van der Waals surface area (Å²) in [5, 5.41) is 5.45. The van der Waals surface area contributed by atoms with E-state index in [1.807, 2.05) is 36.4 Å². The Labute approximate surface area is 129 Å². The maximum absolute atomic E-state index is 6.05. The fourth-order valence-electron chi connectivity index (χ4n) is 2.55. The van der Waals surface area contributed by atoms with Crippen LogP contribution in [0, 0.1) is 0 Å². The number of furan rings is 1. The third kappa shape index (κ3) is 3.12. The molecule has 0 spiro atoms. The van der Waals surface area contributed by atoms with Crippen LogP contribution in [0.3, 0.4) is 0 Å². The van der Waals surface area contributed by atoms with E-state index in [0.29, 0.717) is 0 Å². The van der Waals surface area contributed by atoms with E-state index in [9.17, 15) is 0 Å². The van der Waals surface area contributed by atoms with Crippen LogP contribution in [0.4, 0.5) is 0 Å². The highest BCUT2D eigenvalue weighted by molar-refractivity contribution is 6.30. The Morgan fingerprint density at radius 2 is 1.76 bits per heavy atom. The lowest BCUT2D eigenvalue weighted by molar-refractivity contribution is 0.417. The van der Waals surface area contributed by atoms with Crippen molar-refractivity contribution in [3.05, 3.63) is 70.9 Å². The molecule has 3 aromatic rings. The SMILES string of the molecule is CC(N[C@@H](C)c1cccc(Cl)c1)c1cc2ccccc2o1. The van der Waals surface area contributed by atoms with Gasteiger partial charge in [-0.3, -0.25) is 0 Å². The van der Waals surface area contributed by atoms with Gasteiger partial charge in [-0.2, -0.15) is 0 Å². The first-order chi connectivity index (χ1) is 10.1. The molecule has 3 rings (SSSR count). The van der Waals surface area contributed by atoms with Crippen molar-refractivity contribution in [3.8, 4) is 0 Å². The zero-order chi connectivity index (χ0) is 14.8. The molecule has 1 unspecified atom stereocenters. The van der Waals surface area contributed by atoms with Crippen LogP contribution in [0.5, 0.6) is 0 Å². The Morgan fingerprint density at radius 3 is 2.52 bits per heavy atom. The minimum Gasteiger partial charge on any atom is -0.459 e. The maximum Gasteiger partial charge on any atom is 0.134 e. The second kappa shape index (κ2) is 5.92. The summed E-state index contributed by atoms with van der Waals surface area (Å²) in [5.74, 6) is 0.949. The van der Waals surface area contributed by atoms with Crippen molar-refractivity contribution in [2.24, 2.45) is 0 Å². The van der Waals surface area contributed by atoms with E-state index >= 15 is 0 Å². The first-order valence-electron chi connectivity index (χ1n) is 7.13. The lowest BCUT2D eigenvalue weighted by Gasteiger charge is -2.19. The zero-order valence-corrected chi connectivity index (χ0v) is 12.9. The highest BCUT2D eigenvalue weighted by Crippen LogP contribution is 2.26. The molecule has 0 saturated carbocycles. The van der Waals surface area contributed by atoms with E-state index < -0.39 is 0 Å². The van der Waals surface area contributed by atoms with Gasteiger partial charge in [0.2, 0.25) is 0 Å². The van der Waals surface area contributed by atoms with E-state index in [2.05, 4.69) is 37.4 Å². The number of fused-ring (bicyclic) bond motifs is 1. The smallest absolute Gasteiger partial charge is 0.134 e. The second-order valence-electron chi connectivity index (χ2n) is 5.35. The van der Waals surface area contributed by atoms with Gasteiger partial charge in [-0.05, 0) is 43.7 Å². The molecule has 0 aliphatic rings. The van der Waals surface area contributed by atoms with Gasteiger partial charge in [0.1, 0.15) is 11.3 Å². The quantitative estimate of drug-likeness (QED) is 0.688. The van der Waals surface area contributed by atoms with Crippen LogP contribution in [-0.4, -0.2) is 0 Å². The molecule has 1 N–H and O–H groups in total. The number of nitrogens with one attached hydrogen (secondary N) is 1. The van der Waals surface area contributed by atoms with Crippen molar-refractivity contribution in [1.82, 2.24) is 5.32 Å². The maximum atomic E-state index is 6.05. The Balaban J connectivity index is 1.77. The highest BCUT2D eigenvalue weighted by atomic mass is 35.5. The second-order valence-corrected chi connectivity index (χ2v) is 5.79. The molecule has 0 radical (unpaired) electrons. The van der Waals surface area contributed by atoms with Gasteiger partial charge in [-0.25, -0.2) is 0 Å². The van der Waals surface area contributed by atoms with Gasteiger partial charge in [0.25, 0.3) is 0 Å². The van der Waals surface area contributed by atoms with Crippen molar-refractivity contribution in [2.75, 3.05) is 0 Å². The van der Waals surface area contributed by atoms with Crippen LogP contribution < -0.4 is 5.32 Å². The van der Waals surface area contributed by atoms with Gasteiger partial charge in [0.05, 0.1) is 6.04 Å². The first-order valence-corrected chi connectivity index (χ1v) is 7.51. The third-order valence-corrected chi connectivity index (χ3v) is 3.96. The number of benzene rings is 2. The van der Waals surface area contributed by atoms with Crippen LogP contribution in [0.2, 0.25) is 5.02 Å². The lowest BCUT2D eigenvalue weighted by atomic mass is 10.1. The molecule has 0 amide bonds. The predicted molar refractivity (Wildman–Crippen MR) is 87.6 cm³/mol. The number of hydrogen-bond donors (Lipinski definition) is 1. The third-order valence-electron chi connectivity index (χ3n) is 3.72. The van der Waals surface area contributed by atoms with Gasteiger partial charge in [-0.15, -0.1) is 0 Å². The van der Waals surface area contributed by atoms with Gasteiger partial charge < -0.3 is 9.73 Å². The fourth-order valence-corrected chi connectivity index (χ4v) is 2.74. The van der Waals surface area contributed by atoms with Crippen molar-refractivity contribution in [1.29, 1.82) is 0 Å². The Bertz CT molecular complexity index is 717. The molecule has 108 valence electrons. The first kappa shape index (κ1) is 14.2. The van der Waals surface area contributed by atoms with E-state index in [-0.39, 0.29) is 12.1 Å². The lowest BCUT2D eigenvalue weighted by Crippen LogP contribution is -2.22. The fraction of sp³-hybridized carbons (Fsp3) is 0.222. The zero-order valence-electron chi connectivity index (χ0n) is 12.1. The van der Waals surface area contributed by atoms with Crippen molar-refractivity contribution in [3.63, 3.8) is 0 Å². The summed E-state index contributed by atoms with van der Waals surface area (Å²) in [7, 11) is 0. The molecule has 2 aromatic carbocycles. The molecule has 1 aromatic heterocycles. The van der Waals surface area contributed by atoms with Crippen molar-refractivity contribution < 1.29 is 4.42 Å². The average Bonchev–Trinajstić information content (AvgIpc) is 2.91. The normalized spacial score (nSPS) is 14.2. The van der Waals surface area contributed by atoms with Gasteiger partial charge >= 0.3 is 0 Å². The molecule has 2 nitrogen and oxygen atoms in total. The summed E-state index contributed by atoms with van der Waals surface area (Å²) >= 11 is 6.05. The molecule has 1 heterocycles. The largest absolute Gasteiger partial charge is 0.459 e. The number of para-hydroxylation sites is 1. The summed E-state index contributed by atoms with van der Waals surface area (Å²) in [6, 6.07) is 18.4. The van der Waals surface area contributed by atoms with Gasteiger partial charge in [0, 0.05) is 16.5 Å². The Hall–Kier alpha value is -1.77. The van der Waals surface area contributed by atoms with E-state index in [4.69, 9.17) is 16.0 Å². The van der Waals surface area contributed by atoms with Gasteiger partial charge in [-0.1, -0.05) is 41.9 Å². The minimum atomic E-state index is 0.131. The molecule has 0 aliphatic heterocycles. The minimum absolute atomic E-state index is 0.131. The Kier molecular flexibility index (Phi) is 4.00. The van der Waals surface area contributed by atoms with Crippen LogP contribution in [0.1, 0.15) is 37.3 Å². The molecule has 0 fully saturated rings. The standard InChI is InChI=1S/C18H18ClNO/c1-12(14-7-5-8-16(19)10-14)20-13(2)18-11-15-6-3-4-9-17(15)21-18/h3-13,20H,1-2H3/t12-,13?/m0/s1. The molecule has 0 aliphatic carbocycles. The van der Waals surface area contributed by atoms with Crippen LogP contribution >= 0.6 is 11.6 Å². The van der Waals surface area contributed by atoms with Crippen molar-refractivity contribution in [2.45, 2.75) is 25.9 Å². The number of hydrogen-bond acceptors (Lipinski definition) is 2. The topological polar surface area (TPSA) is 25.2 Å². The van der Waals surface area contributed by atoms with E-state index in [0.717, 1.165) is 21.8 Å². The summed E-state index contributed by atoms with van der Waals surface area (Å²) < 4.78 is 5.90. The molecular weight excluding hydrogens is 282 g/mol. The van der Waals surface area contributed by atoms with E-state index in [1.54, 1.807) is 0 Å². The number of halogens is 1. The summed E-state index contributed by atoms with van der Waals surface area (Å²) in [4.78, 5) is 0. The van der Waals surface area contributed by atoms with Crippen LogP contribution in [0.15, 0.2) is 59.0 Å². The van der Waals surface area contributed by atoms with Crippen LogP contribution in [-0.2, 0) is 0 Å². The van der Waals surface area contributed by atoms with E-state index in [1.165, 1.54) is 5.56 Å². The molecule has 2 atom stereocenters. The van der Waals surface area contributed by atoms with Crippen molar-refractivity contribution >= 4 is 22.6 Å². The van der Waals surface area contributed by atoms with Crippen LogP contribution in [0.25, 0.3) is 11.0 Å². The monoisotopic (exact) mass is 299 g/mol. The summed E-state index contributed by atoms with van der Waals surface area (Å²) in [6.45, 7) is 4.24. The summed E-state index contributed by atoms with van der Waals surface area (Å²) in [6.07, 6.45) is 0. The molecule has 0 bridgehead atoms. The average molecular weight is 300 g/mol.